The molecule has 76 valence electrons. The second-order valence-electron chi connectivity index (χ2n) is 3.62. The Balaban J connectivity index is 1.70. The normalized spacial score (nSPS) is 16.4. The van der Waals surface area contributed by atoms with Crippen LogP contribution in [0.3, 0.4) is 0 Å². The largest absolute Gasteiger partial charge is 0.361 e. The lowest BCUT2D eigenvalue weighted by Gasteiger charge is -2.12. The first kappa shape index (κ1) is 9.71. The molecule has 0 aliphatic heterocycles. The van der Waals surface area contributed by atoms with Crippen molar-refractivity contribution in [3.05, 3.63) is 23.2 Å². The van der Waals surface area contributed by atoms with Crippen LogP contribution < -0.4 is 5.32 Å². The summed E-state index contributed by atoms with van der Waals surface area (Å²) in [5.74, 6) is 0. The molecule has 0 fully saturated rings. The summed E-state index contributed by atoms with van der Waals surface area (Å²) in [5, 5.41) is 6.38. The highest BCUT2D eigenvalue weighted by Crippen LogP contribution is 2.20. The fourth-order valence-electron chi connectivity index (χ4n) is 1.77. The van der Waals surface area contributed by atoms with Gasteiger partial charge in [0.15, 0.2) is 5.13 Å². The van der Waals surface area contributed by atoms with Crippen molar-refractivity contribution in [2.45, 2.75) is 32.1 Å². The van der Waals surface area contributed by atoms with Gasteiger partial charge < -0.3 is 5.32 Å². The highest BCUT2D eigenvalue weighted by Gasteiger charge is 2.03. The second-order valence-corrected chi connectivity index (χ2v) is 4.52. The lowest BCUT2D eigenvalue weighted by atomic mass is 9.97. The monoisotopic (exact) mass is 208 g/mol. The average molecular weight is 208 g/mol. The Labute approximate surface area is 89.1 Å². The molecule has 0 spiro atoms. The summed E-state index contributed by atoms with van der Waals surface area (Å²) in [4.78, 5) is 4.19. The summed E-state index contributed by atoms with van der Waals surface area (Å²) in [6, 6.07) is 0. The average Bonchev–Trinajstić information content (AvgIpc) is 2.72. The van der Waals surface area contributed by atoms with Crippen molar-refractivity contribution in [1.82, 2.24) is 4.98 Å². The molecule has 1 aromatic heterocycles. The van der Waals surface area contributed by atoms with E-state index in [2.05, 4.69) is 16.4 Å². The van der Waals surface area contributed by atoms with Gasteiger partial charge in [0.05, 0.1) is 0 Å². The van der Waals surface area contributed by atoms with E-state index in [1.807, 2.05) is 11.6 Å². The molecule has 0 atom stereocenters. The van der Waals surface area contributed by atoms with E-state index in [-0.39, 0.29) is 0 Å². The van der Waals surface area contributed by atoms with Crippen molar-refractivity contribution in [3.8, 4) is 0 Å². The zero-order valence-electron chi connectivity index (χ0n) is 8.33. The Morgan fingerprint density at radius 2 is 2.43 bits per heavy atom. The maximum absolute atomic E-state index is 4.19. The Kier molecular flexibility index (Phi) is 3.57. The maximum Gasteiger partial charge on any atom is 0.182 e. The zero-order chi connectivity index (χ0) is 9.64. The van der Waals surface area contributed by atoms with E-state index in [1.165, 1.54) is 32.1 Å². The van der Waals surface area contributed by atoms with E-state index in [4.69, 9.17) is 0 Å². The molecule has 2 nitrogen and oxygen atoms in total. The molecule has 14 heavy (non-hydrogen) atoms. The summed E-state index contributed by atoms with van der Waals surface area (Å²) in [6.07, 6.45) is 10.8. The fraction of sp³-hybridized carbons (Fsp3) is 0.545. The molecule has 3 heteroatoms. The number of thiazole rings is 1. The highest BCUT2D eigenvalue weighted by atomic mass is 32.1. The molecule has 0 unspecified atom stereocenters. The van der Waals surface area contributed by atoms with Crippen LogP contribution in [0.25, 0.3) is 0 Å². The van der Waals surface area contributed by atoms with Crippen LogP contribution in [0.2, 0.25) is 0 Å². The first-order chi connectivity index (χ1) is 6.95. The van der Waals surface area contributed by atoms with Crippen LogP contribution in [0.15, 0.2) is 23.2 Å². The van der Waals surface area contributed by atoms with E-state index >= 15 is 0 Å². The molecule has 1 aromatic rings. The lowest BCUT2D eigenvalue weighted by molar-refractivity contribution is 0.679. The van der Waals surface area contributed by atoms with Crippen LogP contribution in [0.1, 0.15) is 32.1 Å². The maximum atomic E-state index is 4.19. The molecule has 0 saturated carbocycles. The van der Waals surface area contributed by atoms with Crippen molar-refractivity contribution < 1.29 is 0 Å². The van der Waals surface area contributed by atoms with E-state index in [9.17, 15) is 0 Å². The summed E-state index contributed by atoms with van der Waals surface area (Å²) in [5.41, 5.74) is 1.63. The number of nitrogens with zero attached hydrogens (tertiary/aromatic N) is 1. The Morgan fingerprint density at radius 1 is 1.43 bits per heavy atom. The zero-order valence-corrected chi connectivity index (χ0v) is 9.15. The van der Waals surface area contributed by atoms with Crippen molar-refractivity contribution in [2.24, 2.45) is 0 Å². The van der Waals surface area contributed by atoms with Crippen LogP contribution in [0.4, 0.5) is 5.13 Å². The minimum absolute atomic E-state index is 1.03. The van der Waals surface area contributed by atoms with E-state index < -0.39 is 0 Å². The van der Waals surface area contributed by atoms with Gasteiger partial charge in [0.1, 0.15) is 0 Å². The predicted molar refractivity (Wildman–Crippen MR) is 61.8 cm³/mol. The molecule has 0 radical (unpaired) electrons. The van der Waals surface area contributed by atoms with E-state index in [0.717, 1.165) is 11.7 Å². The third kappa shape index (κ3) is 2.84. The number of aromatic nitrogens is 1. The van der Waals surface area contributed by atoms with Crippen LogP contribution >= 0.6 is 11.3 Å². The highest BCUT2D eigenvalue weighted by molar-refractivity contribution is 7.13. The molecule has 1 aliphatic rings. The molecule has 2 rings (SSSR count). The van der Waals surface area contributed by atoms with Crippen LogP contribution in [-0.2, 0) is 0 Å². The molecule has 1 heterocycles. The first-order valence-electron chi connectivity index (χ1n) is 5.26. The molecular weight excluding hydrogens is 192 g/mol. The topological polar surface area (TPSA) is 24.9 Å². The Bertz CT molecular complexity index is 290. The molecule has 0 saturated heterocycles. The standard InChI is InChI=1S/C11H16N2S/c1-2-4-10(5-3-1)6-7-12-11-13-8-9-14-11/h4,8-9H,1-3,5-7H2,(H,12,13). The molecule has 1 N–H and O–H groups in total. The van der Waals surface area contributed by atoms with E-state index in [1.54, 1.807) is 16.9 Å². The Hall–Kier alpha value is -0.830. The summed E-state index contributed by atoms with van der Waals surface area (Å²) in [7, 11) is 0. The lowest BCUT2D eigenvalue weighted by Crippen LogP contribution is -2.03. The van der Waals surface area contributed by atoms with Gasteiger partial charge in [-0.3, -0.25) is 0 Å². The van der Waals surface area contributed by atoms with Crippen LogP contribution in [0, 0.1) is 0 Å². The molecule has 0 aromatic carbocycles. The molecular formula is C11H16N2S. The Morgan fingerprint density at radius 3 is 3.14 bits per heavy atom. The van der Waals surface area contributed by atoms with Gasteiger partial charge in [-0.25, -0.2) is 4.98 Å². The van der Waals surface area contributed by atoms with Gasteiger partial charge in [-0.15, -0.1) is 11.3 Å². The molecule has 0 amide bonds. The van der Waals surface area contributed by atoms with Gasteiger partial charge in [0.2, 0.25) is 0 Å². The number of allylic oxidation sites excluding steroid dienone is 1. The first-order valence-corrected chi connectivity index (χ1v) is 6.14. The van der Waals surface area contributed by atoms with Gasteiger partial charge in [0, 0.05) is 18.1 Å². The quantitative estimate of drug-likeness (QED) is 0.767. The van der Waals surface area contributed by atoms with Crippen LogP contribution in [-0.4, -0.2) is 11.5 Å². The van der Waals surface area contributed by atoms with Crippen molar-refractivity contribution in [3.63, 3.8) is 0 Å². The van der Waals surface area contributed by atoms with Gasteiger partial charge in [-0.05, 0) is 32.1 Å². The van der Waals surface area contributed by atoms with Crippen molar-refractivity contribution in [1.29, 1.82) is 0 Å². The summed E-state index contributed by atoms with van der Waals surface area (Å²) in [6.45, 7) is 1.03. The van der Waals surface area contributed by atoms with Gasteiger partial charge in [-0.1, -0.05) is 11.6 Å². The SMILES string of the molecule is C1=C(CCNc2nccs2)CCCC1. The predicted octanol–water partition coefficient (Wildman–Crippen LogP) is 3.45. The summed E-state index contributed by atoms with van der Waals surface area (Å²) < 4.78 is 0. The van der Waals surface area contributed by atoms with Crippen molar-refractivity contribution in [2.75, 3.05) is 11.9 Å². The minimum atomic E-state index is 1.03. The van der Waals surface area contributed by atoms with Crippen molar-refractivity contribution >= 4 is 16.5 Å². The third-order valence-corrected chi connectivity index (χ3v) is 3.27. The van der Waals surface area contributed by atoms with E-state index in [0.29, 0.717) is 0 Å². The number of rotatable bonds is 4. The van der Waals surface area contributed by atoms with Gasteiger partial charge in [-0.2, -0.15) is 0 Å². The molecule has 0 bridgehead atoms. The molecule has 1 aliphatic carbocycles. The van der Waals surface area contributed by atoms with Crippen LogP contribution in [0.5, 0.6) is 0 Å². The second kappa shape index (κ2) is 5.15. The fourth-order valence-corrected chi connectivity index (χ4v) is 2.33. The van der Waals surface area contributed by atoms with Gasteiger partial charge >= 0.3 is 0 Å². The number of hydrogen-bond donors (Lipinski definition) is 1. The number of nitrogens with one attached hydrogen (secondary N) is 1. The van der Waals surface area contributed by atoms with Gasteiger partial charge in [0.25, 0.3) is 0 Å². The number of hydrogen-bond acceptors (Lipinski definition) is 3. The smallest absolute Gasteiger partial charge is 0.182 e. The summed E-state index contributed by atoms with van der Waals surface area (Å²) >= 11 is 1.67. The minimum Gasteiger partial charge on any atom is -0.361 e. The third-order valence-electron chi connectivity index (χ3n) is 2.54. The number of anilines is 1.